The van der Waals surface area contributed by atoms with Crippen molar-refractivity contribution in [3.63, 3.8) is 0 Å². The van der Waals surface area contributed by atoms with Crippen LogP contribution in [0.25, 0.3) is 0 Å². The van der Waals surface area contributed by atoms with Crippen LogP contribution in [0.15, 0.2) is 4.42 Å². The summed E-state index contributed by atoms with van der Waals surface area (Å²) in [5.74, 6) is 1.63. The first-order chi connectivity index (χ1) is 5.24. The SMILES string of the molecule is COCCc1nc(C)oc1C.[V]. The van der Waals surface area contributed by atoms with Gasteiger partial charge in [0.2, 0.25) is 0 Å². The third-order valence-electron chi connectivity index (χ3n) is 1.54. The summed E-state index contributed by atoms with van der Waals surface area (Å²) < 4.78 is 10.2. The number of aromatic nitrogens is 1. The van der Waals surface area contributed by atoms with Crippen LogP contribution in [0.1, 0.15) is 17.3 Å². The Morgan fingerprint density at radius 3 is 2.50 bits per heavy atom. The van der Waals surface area contributed by atoms with Gasteiger partial charge in [-0.25, -0.2) is 4.98 Å². The fraction of sp³-hybridized carbons (Fsp3) is 0.625. The molecule has 1 aromatic rings. The van der Waals surface area contributed by atoms with E-state index in [1.54, 1.807) is 7.11 Å². The van der Waals surface area contributed by atoms with Crippen molar-refractivity contribution < 1.29 is 27.7 Å². The number of nitrogens with zero attached hydrogens (tertiary/aromatic N) is 1. The number of oxazole rings is 1. The van der Waals surface area contributed by atoms with E-state index < -0.39 is 0 Å². The van der Waals surface area contributed by atoms with Crippen molar-refractivity contribution in [3.05, 3.63) is 17.3 Å². The summed E-state index contributed by atoms with van der Waals surface area (Å²) in [5, 5.41) is 0. The van der Waals surface area contributed by atoms with Crippen LogP contribution in [0.5, 0.6) is 0 Å². The van der Waals surface area contributed by atoms with E-state index in [9.17, 15) is 0 Å². The average Bonchev–Trinajstić information content (AvgIpc) is 2.26. The number of methoxy groups -OCH3 is 1. The van der Waals surface area contributed by atoms with Crippen LogP contribution in [0.2, 0.25) is 0 Å². The Hall–Kier alpha value is -0.246. The molecule has 0 aliphatic carbocycles. The molecule has 1 rings (SSSR count). The predicted molar refractivity (Wildman–Crippen MR) is 41.6 cm³/mol. The summed E-state index contributed by atoms with van der Waals surface area (Å²) in [6.07, 6.45) is 0.833. The fourth-order valence-electron chi connectivity index (χ4n) is 1.00. The molecule has 0 aliphatic rings. The largest absolute Gasteiger partial charge is 0.446 e. The number of rotatable bonds is 3. The molecule has 3 nitrogen and oxygen atoms in total. The van der Waals surface area contributed by atoms with Gasteiger partial charge in [-0.15, -0.1) is 0 Å². The van der Waals surface area contributed by atoms with Crippen molar-refractivity contribution in [2.75, 3.05) is 13.7 Å². The average molecular weight is 206 g/mol. The van der Waals surface area contributed by atoms with E-state index >= 15 is 0 Å². The van der Waals surface area contributed by atoms with Crippen LogP contribution in [-0.4, -0.2) is 18.7 Å². The zero-order valence-corrected chi connectivity index (χ0v) is 9.02. The first-order valence-electron chi connectivity index (χ1n) is 3.66. The molecule has 4 heteroatoms. The van der Waals surface area contributed by atoms with E-state index in [2.05, 4.69) is 4.98 Å². The maximum absolute atomic E-state index is 5.24. The number of aryl methyl sites for hydroxylation is 2. The summed E-state index contributed by atoms with van der Waals surface area (Å²) >= 11 is 0. The van der Waals surface area contributed by atoms with Gasteiger partial charge >= 0.3 is 0 Å². The van der Waals surface area contributed by atoms with Gasteiger partial charge in [0.1, 0.15) is 5.76 Å². The Labute approximate surface area is 84.4 Å². The topological polar surface area (TPSA) is 35.3 Å². The summed E-state index contributed by atoms with van der Waals surface area (Å²) in [4.78, 5) is 4.20. The second-order valence-corrected chi connectivity index (χ2v) is 2.48. The molecule has 1 aromatic heterocycles. The normalized spacial score (nSPS) is 9.58. The van der Waals surface area contributed by atoms with Crippen LogP contribution in [0.4, 0.5) is 0 Å². The number of ether oxygens (including phenoxy) is 1. The minimum Gasteiger partial charge on any atom is -0.446 e. The van der Waals surface area contributed by atoms with Crippen LogP contribution in [-0.2, 0) is 29.7 Å². The van der Waals surface area contributed by atoms with Gasteiger partial charge in [-0.1, -0.05) is 0 Å². The molecule has 12 heavy (non-hydrogen) atoms. The maximum Gasteiger partial charge on any atom is 0.191 e. The molecule has 0 aliphatic heterocycles. The zero-order chi connectivity index (χ0) is 8.27. The summed E-state index contributed by atoms with van der Waals surface area (Å²) in [5.41, 5.74) is 1.00. The van der Waals surface area contributed by atoms with Crippen molar-refractivity contribution in [2.24, 2.45) is 0 Å². The first-order valence-corrected chi connectivity index (χ1v) is 3.66. The molecule has 1 radical (unpaired) electrons. The van der Waals surface area contributed by atoms with Crippen molar-refractivity contribution in [1.29, 1.82) is 0 Å². The van der Waals surface area contributed by atoms with Gasteiger partial charge in [0.05, 0.1) is 12.3 Å². The standard InChI is InChI=1S/C8H13NO2.V/c1-6-8(4-5-10-3)9-7(2)11-6;/h4-5H2,1-3H3;. The van der Waals surface area contributed by atoms with Gasteiger partial charge in [-0.2, -0.15) is 0 Å². The summed E-state index contributed by atoms with van der Waals surface area (Å²) in [6, 6.07) is 0. The van der Waals surface area contributed by atoms with Crippen molar-refractivity contribution in [3.8, 4) is 0 Å². The maximum atomic E-state index is 5.24. The van der Waals surface area contributed by atoms with Gasteiger partial charge in [0.15, 0.2) is 5.89 Å². The Balaban J connectivity index is 0.00000121. The van der Waals surface area contributed by atoms with Gasteiger partial charge in [-0.05, 0) is 6.92 Å². The molecule has 0 spiro atoms. The minimum atomic E-state index is 0. The van der Waals surface area contributed by atoms with Crippen molar-refractivity contribution in [2.45, 2.75) is 20.3 Å². The van der Waals surface area contributed by atoms with E-state index in [1.165, 1.54) is 0 Å². The number of hydrogen-bond donors (Lipinski definition) is 0. The Kier molecular flexibility index (Phi) is 5.30. The number of hydrogen-bond acceptors (Lipinski definition) is 3. The summed E-state index contributed by atoms with van der Waals surface area (Å²) in [6.45, 7) is 4.47. The van der Waals surface area contributed by atoms with E-state index in [0.717, 1.165) is 23.8 Å². The van der Waals surface area contributed by atoms with Crippen molar-refractivity contribution >= 4 is 0 Å². The smallest absolute Gasteiger partial charge is 0.191 e. The van der Waals surface area contributed by atoms with Crippen molar-refractivity contribution in [1.82, 2.24) is 4.98 Å². The van der Waals surface area contributed by atoms with Crippen LogP contribution in [0, 0.1) is 13.8 Å². The van der Waals surface area contributed by atoms with Gasteiger partial charge in [-0.3, -0.25) is 0 Å². The fourth-order valence-corrected chi connectivity index (χ4v) is 1.00. The molecule has 0 fully saturated rings. The summed E-state index contributed by atoms with van der Waals surface area (Å²) in [7, 11) is 1.68. The monoisotopic (exact) mass is 206 g/mol. The molecule has 0 unspecified atom stereocenters. The molecule has 67 valence electrons. The molecule has 0 bridgehead atoms. The molecule has 0 saturated heterocycles. The zero-order valence-electron chi connectivity index (χ0n) is 7.63. The molecule has 0 atom stereocenters. The second-order valence-electron chi connectivity index (χ2n) is 2.48. The molecule has 0 aromatic carbocycles. The molecule has 0 N–H and O–H groups in total. The van der Waals surface area contributed by atoms with Gasteiger partial charge in [0, 0.05) is 39.0 Å². The van der Waals surface area contributed by atoms with E-state index in [4.69, 9.17) is 9.15 Å². The third kappa shape index (κ3) is 3.01. The van der Waals surface area contributed by atoms with Crippen LogP contribution in [0.3, 0.4) is 0 Å². The molecular formula is C8H13NO2V. The predicted octanol–water partition coefficient (Wildman–Crippen LogP) is 1.48. The van der Waals surface area contributed by atoms with Crippen LogP contribution >= 0.6 is 0 Å². The van der Waals surface area contributed by atoms with E-state index in [1.807, 2.05) is 13.8 Å². The molecule has 0 saturated carbocycles. The Bertz CT molecular complexity index is 235. The molecule has 1 heterocycles. The first kappa shape index (κ1) is 11.8. The second kappa shape index (κ2) is 5.41. The Morgan fingerprint density at radius 2 is 2.08 bits per heavy atom. The minimum absolute atomic E-state index is 0. The van der Waals surface area contributed by atoms with E-state index in [-0.39, 0.29) is 18.6 Å². The van der Waals surface area contributed by atoms with Crippen LogP contribution < -0.4 is 0 Å². The van der Waals surface area contributed by atoms with Gasteiger partial charge in [0.25, 0.3) is 0 Å². The quantitative estimate of drug-likeness (QED) is 0.751. The Morgan fingerprint density at radius 1 is 1.42 bits per heavy atom. The molecule has 0 amide bonds. The van der Waals surface area contributed by atoms with E-state index in [0.29, 0.717) is 6.61 Å². The third-order valence-corrected chi connectivity index (χ3v) is 1.54. The molecular weight excluding hydrogens is 193 g/mol. The van der Waals surface area contributed by atoms with Gasteiger partial charge < -0.3 is 9.15 Å².